The lowest BCUT2D eigenvalue weighted by Crippen LogP contribution is -2.45. The second kappa shape index (κ2) is 7.11. The SMILES string of the molecule is C[C@@H]1COCCN1c1cc(C2([S+](C)[O-])CCOCC2)nc(Cl)n1. The quantitative estimate of drug-likeness (QED) is 0.604. The van der Waals surface area contributed by atoms with Crippen LogP contribution in [0.2, 0.25) is 5.28 Å². The predicted molar refractivity (Wildman–Crippen MR) is 90.5 cm³/mol. The summed E-state index contributed by atoms with van der Waals surface area (Å²) in [5.41, 5.74) is 0.760. The Balaban J connectivity index is 1.99. The molecule has 2 aliphatic heterocycles. The van der Waals surface area contributed by atoms with Crippen molar-refractivity contribution in [3.05, 3.63) is 17.0 Å². The maximum absolute atomic E-state index is 12.5. The highest BCUT2D eigenvalue weighted by atomic mass is 35.5. The first-order valence-electron chi connectivity index (χ1n) is 7.84. The molecule has 0 radical (unpaired) electrons. The van der Waals surface area contributed by atoms with Crippen LogP contribution >= 0.6 is 11.6 Å². The molecule has 1 aromatic rings. The summed E-state index contributed by atoms with van der Waals surface area (Å²) in [6.07, 6.45) is 3.10. The van der Waals surface area contributed by atoms with Gasteiger partial charge in [0.25, 0.3) is 0 Å². The first-order chi connectivity index (χ1) is 11.0. The average Bonchev–Trinajstić information content (AvgIpc) is 2.55. The Morgan fingerprint density at radius 2 is 2.04 bits per heavy atom. The normalized spacial score (nSPS) is 26.1. The molecule has 8 heteroatoms. The van der Waals surface area contributed by atoms with E-state index < -0.39 is 15.9 Å². The van der Waals surface area contributed by atoms with E-state index in [0.29, 0.717) is 39.3 Å². The molecule has 2 saturated heterocycles. The second-order valence-corrected chi connectivity index (χ2v) is 8.09. The highest BCUT2D eigenvalue weighted by molar-refractivity contribution is 7.91. The number of anilines is 1. The Kier molecular flexibility index (Phi) is 5.32. The first kappa shape index (κ1) is 17.2. The molecule has 2 atom stereocenters. The molecule has 0 spiro atoms. The standard InChI is InChI=1S/C15H22ClN3O3S/c1-11-10-22-8-5-19(11)13-9-12(17-14(16)18-13)15(23(2)20)3-6-21-7-4-15/h9,11H,3-8,10H2,1-2H3/t11-,23?/m1/s1. The Morgan fingerprint density at radius 3 is 2.70 bits per heavy atom. The zero-order valence-corrected chi connectivity index (χ0v) is 15.0. The molecule has 1 unspecified atom stereocenters. The Hall–Kier alpha value is -0.600. The minimum absolute atomic E-state index is 0.201. The Labute approximate surface area is 144 Å². The van der Waals surface area contributed by atoms with Crippen LogP contribution in [0.3, 0.4) is 0 Å². The highest BCUT2D eigenvalue weighted by Gasteiger charge is 2.45. The summed E-state index contributed by atoms with van der Waals surface area (Å²) in [6.45, 7) is 5.36. The largest absolute Gasteiger partial charge is 0.616 e. The Morgan fingerprint density at radius 1 is 1.30 bits per heavy atom. The first-order valence-corrected chi connectivity index (χ1v) is 9.77. The summed E-state index contributed by atoms with van der Waals surface area (Å²) in [5.74, 6) is 0.784. The number of rotatable bonds is 3. The third-order valence-electron chi connectivity index (χ3n) is 4.66. The van der Waals surface area contributed by atoms with E-state index in [-0.39, 0.29) is 11.3 Å². The molecule has 128 valence electrons. The van der Waals surface area contributed by atoms with Gasteiger partial charge in [0.15, 0.2) is 4.75 Å². The van der Waals surface area contributed by atoms with E-state index in [9.17, 15) is 4.55 Å². The topological polar surface area (TPSA) is 70.5 Å². The van der Waals surface area contributed by atoms with Crippen molar-refractivity contribution in [2.45, 2.75) is 30.6 Å². The molecule has 0 N–H and O–H groups in total. The fourth-order valence-corrected chi connectivity index (χ4v) is 4.56. The maximum atomic E-state index is 12.5. The van der Waals surface area contributed by atoms with E-state index in [4.69, 9.17) is 21.1 Å². The van der Waals surface area contributed by atoms with E-state index >= 15 is 0 Å². The van der Waals surface area contributed by atoms with Crippen molar-refractivity contribution in [3.8, 4) is 0 Å². The molecule has 2 aliphatic rings. The molecule has 2 fully saturated rings. The molecule has 3 heterocycles. The third-order valence-corrected chi connectivity index (χ3v) is 6.55. The fourth-order valence-electron chi connectivity index (χ4n) is 3.25. The lowest BCUT2D eigenvalue weighted by atomic mass is 9.94. The van der Waals surface area contributed by atoms with Gasteiger partial charge in [-0.2, -0.15) is 0 Å². The van der Waals surface area contributed by atoms with Crippen LogP contribution in [0, 0.1) is 0 Å². The molecule has 0 saturated carbocycles. The van der Waals surface area contributed by atoms with Crippen molar-refractivity contribution in [1.29, 1.82) is 0 Å². The van der Waals surface area contributed by atoms with Gasteiger partial charge in [-0.1, -0.05) is 0 Å². The van der Waals surface area contributed by atoms with Crippen molar-refractivity contribution in [1.82, 2.24) is 9.97 Å². The summed E-state index contributed by atoms with van der Waals surface area (Å²) < 4.78 is 22.9. The number of morpholine rings is 1. The molecule has 0 aliphatic carbocycles. The van der Waals surface area contributed by atoms with E-state index in [1.807, 2.05) is 6.07 Å². The van der Waals surface area contributed by atoms with Gasteiger partial charge in [0, 0.05) is 25.5 Å². The molecule has 0 bridgehead atoms. The maximum Gasteiger partial charge on any atom is 0.224 e. The number of ether oxygens (including phenoxy) is 2. The number of hydrogen-bond acceptors (Lipinski definition) is 6. The van der Waals surface area contributed by atoms with Crippen LogP contribution in [0.4, 0.5) is 5.82 Å². The molecular weight excluding hydrogens is 338 g/mol. The summed E-state index contributed by atoms with van der Waals surface area (Å²) in [6, 6.07) is 2.17. The van der Waals surface area contributed by atoms with Crippen LogP contribution in [0.15, 0.2) is 6.07 Å². The predicted octanol–water partition coefficient (Wildman–Crippen LogP) is 1.74. The van der Waals surface area contributed by atoms with Gasteiger partial charge >= 0.3 is 0 Å². The van der Waals surface area contributed by atoms with Gasteiger partial charge in [0.05, 0.1) is 38.7 Å². The number of hydrogen-bond donors (Lipinski definition) is 0. The zero-order valence-electron chi connectivity index (χ0n) is 13.5. The summed E-state index contributed by atoms with van der Waals surface area (Å²) >= 11 is 5.13. The monoisotopic (exact) mass is 359 g/mol. The van der Waals surface area contributed by atoms with Gasteiger partial charge in [0.2, 0.25) is 5.28 Å². The number of aromatic nitrogens is 2. The van der Waals surface area contributed by atoms with Crippen LogP contribution in [0.5, 0.6) is 0 Å². The molecule has 3 rings (SSSR count). The zero-order chi connectivity index (χ0) is 16.4. The van der Waals surface area contributed by atoms with Gasteiger partial charge < -0.3 is 18.9 Å². The van der Waals surface area contributed by atoms with Gasteiger partial charge in [-0.25, -0.2) is 9.97 Å². The Bertz CT molecular complexity index is 555. The van der Waals surface area contributed by atoms with Gasteiger partial charge in [0.1, 0.15) is 11.5 Å². The highest BCUT2D eigenvalue weighted by Crippen LogP contribution is 2.40. The minimum atomic E-state index is -1.06. The molecule has 23 heavy (non-hydrogen) atoms. The van der Waals surface area contributed by atoms with E-state index in [1.54, 1.807) is 6.26 Å². The minimum Gasteiger partial charge on any atom is -0.616 e. The van der Waals surface area contributed by atoms with Crippen molar-refractivity contribution < 1.29 is 14.0 Å². The van der Waals surface area contributed by atoms with E-state index in [1.165, 1.54) is 0 Å². The summed E-state index contributed by atoms with van der Waals surface area (Å²) in [7, 11) is 0. The second-order valence-electron chi connectivity index (χ2n) is 6.06. The van der Waals surface area contributed by atoms with Crippen molar-refractivity contribution in [3.63, 3.8) is 0 Å². The molecule has 0 aromatic carbocycles. The van der Waals surface area contributed by atoms with Crippen molar-refractivity contribution in [2.75, 3.05) is 44.1 Å². The van der Waals surface area contributed by atoms with Gasteiger partial charge in [-0.05, 0) is 29.7 Å². The summed E-state index contributed by atoms with van der Waals surface area (Å²) in [4.78, 5) is 11.0. The van der Waals surface area contributed by atoms with Crippen LogP contribution < -0.4 is 4.90 Å². The molecular formula is C15H22ClN3O3S. The molecule has 0 amide bonds. The summed E-state index contributed by atoms with van der Waals surface area (Å²) in [5, 5.41) is 0.201. The third kappa shape index (κ3) is 3.44. The van der Waals surface area contributed by atoms with E-state index in [2.05, 4.69) is 21.8 Å². The number of halogens is 1. The van der Waals surface area contributed by atoms with E-state index in [0.717, 1.165) is 18.1 Å². The average molecular weight is 360 g/mol. The van der Waals surface area contributed by atoms with Gasteiger partial charge in [-0.3, -0.25) is 0 Å². The fraction of sp³-hybridized carbons (Fsp3) is 0.733. The lowest BCUT2D eigenvalue weighted by molar-refractivity contribution is 0.0731. The van der Waals surface area contributed by atoms with Crippen molar-refractivity contribution >= 4 is 28.6 Å². The number of nitrogens with zero attached hydrogens (tertiary/aromatic N) is 3. The van der Waals surface area contributed by atoms with Gasteiger partial charge in [-0.15, -0.1) is 0 Å². The molecule has 1 aromatic heterocycles. The van der Waals surface area contributed by atoms with Crippen LogP contribution in [0.25, 0.3) is 0 Å². The molecule has 6 nitrogen and oxygen atoms in total. The van der Waals surface area contributed by atoms with Crippen LogP contribution in [0.1, 0.15) is 25.5 Å². The van der Waals surface area contributed by atoms with Crippen LogP contribution in [-0.4, -0.2) is 59.8 Å². The smallest absolute Gasteiger partial charge is 0.224 e. The van der Waals surface area contributed by atoms with Crippen LogP contribution in [-0.2, 0) is 25.4 Å². The lowest BCUT2D eigenvalue weighted by Gasteiger charge is -2.38. The van der Waals surface area contributed by atoms with Crippen molar-refractivity contribution in [2.24, 2.45) is 0 Å².